The van der Waals surface area contributed by atoms with E-state index in [0.29, 0.717) is 12.8 Å². The van der Waals surface area contributed by atoms with Crippen LogP contribution in [0, 0.1) is 0 Å². The van der Waals surface area contributed by atoms with Gasteiger partial charge >= 0.3 is 0 Å². The highest BCUT2D eigenvalue weighted by atomic mass is 19.1. The van der Waals surface area contributed by atoms with Crippen LogP contribution in [0.5, 0.6) is 0 Å². The smallest absolute Gasteiger partial charge is 0.172 e. The van der Waals surface area contributed by atoms with E-state index >= 15 is 0 Å². The van der Waals surface area contributed by atoms with Crippen LogP contribution in [0.25, 0.3) is 0 Å². The first kappa shape index (κ1) is 14.4. The molecule has 0 spiro atoms. The molecule has 0 radical (unpaired) electrons. The molecule has 0 aromatic heterocycles. The molecule has 98 valence electrons. The van der Waals surface area contributed by atoms with Crippen LogP contribution in [0.3, 0.4) is 0 Å². The number of Topliss-reactive ketones (excluding diaryl/α,β-unsaturated/α-hetero) is 1. The Hall–Kier alpha value is -0.660. The molecule has 0 N–H and O–H groups in total. The van der Waals surface area contributed by atoms with Gasteiger partial charge < -0.3 is 0 Å². The largest absolute Gasteiger partial charge is 0.296 e. The van der Waals surface area contributed by atoms with Crippen molar-refractivity contribution in [2.75, 3.05) is 0 Å². The van der Waals surface area contributed by atoms with E-state index in [1.807, 2.05) is 0 Å². The van der Waals surface area contributed by atoms with E-state index in [2.05, 4.69) is 6.58 Å². The second kappa shape index (κ2) is 7.62. The fraction of sp³-hybridized carbons (Fsp3) is 0.800. The average molecular weight is 240 g/mol. The lowest BCUT2D eigenvalue weighted by Crippen LogP contribution is -2.33. The molecule has 0 aromatic carbocycles. The summed E-state index contributed by atoms with van der Waals surface area (Å²) in [5, 5.41) is 0. The van der Waals surface area contributed by atoms with Gasteiger partial charge in [0.1, 0.15) is 0 Å². The molecule has 1 aliphatic carbocycles. The van der Waals surface area contributed by atoms with Crippen LogP contribution in [0.1, 0.15) is 70.6 Å². The predicted octanol–water partition coefficient (Wildman–Crippen LogP) is 4.75. The molecule has 1 aliphatic rings. The molecular weight excluding hydrogens is 215 g/mol. The van der Waals surface area contributed by atoms with Crippen molar-refractivity contribution in [3.63, 3.8) is 0 Å². The summed E-state index contributed by atoms with van der Waals surface area (Å²) in [7, 11) is 0. The van der Waals surface area contributed by atoms with Crippen LogP contribution < -0.4 is 0 Å². The Morgan fingerprint density at radius 3 is 2.18 bits per heavy atom. The highest BCUT2D eigenvalue weighted by Crippen LogP contribution is 2.29. The van der Waals surface area contributed by atoms with Crippen LogP contribution in [-0.4, -0.2) is 11.5 Å². The molecule has 0 amide bonds. The van der Waals surface area contributed by atoms with E-state index in [1.165, 1.54) is 25.7 Å². The van der Waals surface area contributed by atoms with Crippen LogP contribution in [0.4, 0.5) is 4.39 Å². The van der Waals surface area contributed by atoms with Crippen molar-refractivity contribution in [3.8, 4) is 0 Å². The maximum atomic E-state index is 14.5. The summed E-state index contributed by atoms with van der Waals surface area (Å²) in [6.45, 7) is 3.57. The topological polar surface area (TPSA) is 17.1 Å². The summed E-state index contributed by atoms with van der Waals surface area (Å²) < 4.78 is 14.5. The van der Waals surface area contributed by atoms with Crippen molar-refractivity contribution in [2.45, 2.75) is 76.3 Å². The molecule has 1 atom stereocenters. The zero-order chi connectivity index (χ0) is 12.6. The minimum Gasteiger partial charge on any atom is -0.296 e. The Kier molecular flexibility index (Phi) is 6.46. The predicted molar refractivity (Wildman–Crippen MR) is 69.8 cm³/mol. The third-order valence-corrected chi connectivity index (χ3v) is 3.69. The average Bonchev–Trinajstić information content (AvgIpc) is 2.30. The maximum Gasteiger partial charge on any atom is 0.172 e. The summed E-state index contributed by atoms with van der Waals surface area (Å²) in [6.07, 6.45) is 11.2. The summed E-state index contributed by atoms with van der Waals surface area (Å²) >= 11 is 0. The number of carbonyl (C=O) groups excluding carboxylic acids is 1. The lowest BCUT2D eigenvalue weighted by molar-refractivity contribution is -0.131. The summed E-state index contributed by atoms with van der Waals surface area (Å²) in [4.78, 5) is 11.9. The van der Waals surface area contributed by atoms with Gasteiger partial charge in [-0.1, -0.05) is 44.6 Å². The van der Waals surface area contributed by atoms with E-state index in [0.717, 1.165) is 25.7 Å². The molecule has 0 bridgehead atoms. The van der Waals surface area contributed by atoms with E-state index in [4.69, 9.17) is 0 Å². The summed E-state index contributed by atoms with van der Waals surface area (Å²) in [5.74, 6) is -0.196. The van der Waals surface area contributed by atoms with Gasteiger partial charge in [0.25, 0.3) is 0 Å². The van der Waals surface area contributed by atoms with Gasteiger partial charge in [-0.2, -0.15) is 0 Å². The third-order valence-electron chi connectivity index (χ3n) is 3.69. The lowest BCUT2D eigenvalue weighted by atomic mass is 9.86. The number of halogens is 1. The summed E-state index contributed by atoms with van der Waals surface area (Å²) in [5.41, 5.74) is -1.62. The molecule has 0 saturated heterocycles. The first-order valence-electron chi connectivity index (χ1n) is 7.02. The first-order chi connectivity index (χ1) is 8.19. The molecule has 17 heavy (non-hydrogen) atoms. The SMILES string of the molecule is C=CCC1(F)CCCCCCCCCCC1=O. The number of allylic oxidation sites excluding steroid dienone is 1. The lowest BCUT2D eigenvalue weighted by Gasteiger charge is -2.23. The van der Waals surface area contributed by atoms with Crippen molar-refractivity contribution < 1.29 is 9.18 Å². The van der Waals surface area contributed by atoms with Crippen molar-refractivity contribution in [1.82, 2.24) is 0 Å². The number of hydrogen-bond donors (Lipinski definition) is 0. The van der Waals surface area contributed by atoms with Gasteiger partial charge in [0.05, 0.1) is 0 Å². The minimum absolute atomic E-state index is 0.186. The fourth-order valence-electron chi connectivity index (χ4n) is 2.56. The van der Waals surface area contributed by atoms with Gasteiger partial charge in [0.2, 0.25) is 0 Å². The standard InChI is InChI=1S/C15H25FO/c1-2-12-15(16)13-10-8-6-4-3-5-7-9-11-14(15)17/h2H,1,3-13H2. The number of carbonyl (C=O) groups is 1. The molecule has 0 aliphatic heterocycles. The van der Waals surface area contributed by atoms with Crippen molar-refractivity contribution in [2.24, 2.45) is 0 Å². The van der Waals surface area contributed by atoms with Crippen LogP contribution in [0.15, 0.2) is 12.7 Å². The maximum absolute atomic E-state index is 14.5. The van der Waals surface area contributed by atoms with Gasteiger partial charge in [-0.15, -0.1) is 6.58 Å². The van der Waals surface area contributed by atoms with E-state index in [-0.39, 0.29) is 12.2 Å². The Bertz CT molecular complexity index is 249. The molecule has 2 heteroatoms. The van der Waals surface area contributed by atoms with Gasteiger partial charge in [0, 0.05) is 12.8 Å². The van der Waals surface area contributed by atoms with Gasteiger partial charge in [-0.3, -0.25) is 4.79 Å². The molecule has 1 nitrogen and oxygen atoms in total. The van der Waals surface area contributed by atoms with Gasteiger partial charge in [-0.05, 0) is 19.3 Å². The number of hydrogen-bond acceptors (Lipinski definition) is 1. The normalized spacial score (nSPS) is 29.1. The second-order valence-electron chi connectivity index (χ2n) is 5.21. The zero-order valence-electron chi connectivity index (χ0n) is 10.8. The Morgan fingerprint density at radius 1 is 1.06 bits per heavy atom. The quantitative estimate of drug-likeness (QED) is 0.636. The molecule has 1 fully saturated rings. The first-order valence-corrected chi connectivity index (χ1v) is 7.02. The van der Waals surface area contributed by atoms with Crippen LogP contribution >= 0.6 is 0 Å². The van der Waals surface area contributed by atoms with Crippen molar-refractivity contribution in [3.05, 3.63) is 12.7 Å². The van der Waals surface area contributed by atoms with Gasteiger partial charge in [-0.25, -0.2) is 4.39 Å². The molecule has 0 heterocycles. The van der Waals surface area contributed by atoms with Gasteiger partial charge in [0.15, 0.2) is 11.5 Å². The Balaban J connectivity index is 2.56. The third kappa shape index (κ3) is 5.01. The van der Waals surface area contributed by atoms with Crippen LogP contribution in [0.2, 0.25) is 0 Å². The van der Waals surface area contributed by atoms with Crippen molar-refractivity contribution in [1.29, 1.82) is 0 Å². The number of ketones is 1. The van der Waals surface area contributed by atoms with E-state index < -0.39 is 5.67 Å². The Labute approximate surface area is 104 Å². The monoisotopic (exact) mass is 240 g/mol. The van der Waals surface area contributed by atoms with Crippen molar-refractivity contribution >= 4 is 5.78 Å². The van der Waals surface area contributed by atoms with Crippen LogP contribution in [-0.2, 0) is 4.79 Å². The summed E-state index contributed by atoms with van der Waals surface area (Å²) in [6, 6.07) is 0. The molecule has 1 unspecified atom stereocenters. The minimum atomic E-state index is -1.62. The number of rotatable bonds is 2. The molecule has 0 aromatic rings. The highest BCUT2D eigenvalue weighted by molar-refractivity contribution is 5.87. The molecular formula is C15H25FO. The Morgan fingerprint density at radius 2 is 1.59 bits per heavy atom. The highest BCUT2D eigenvalue weighted by Gasteiger charge is 2.35. The number of alkyl halides is 1. The molecule has 1 rings (SSSR count). The fourth-order valence-corrected chi connectivity index (χ4v) is 2.56. The molecule has 1 saturated carbocycles. The van der Waals surface area contributed by atoms with E-state index in [9.17, 15) is 9.18 Å². The zero-order valence-corrected chi connectivity index (χ0v) is 10.8. The second-order valence-corrected chi connectivity index (χ2v) is 5.21. The van der Waals surface area contributed by atoms with E-state index in [1.54, 1.807) is 6.08 Å².